The molecule has 0 saturated carbocycles. The number of nitrogens with one attached hydrogen (secondary N) is 1. The predicted octanol–water partition coefficient (Wildman–Crippen LogP) is 2.51. The third-order valence-corrected chi connectivity index (χ3v) is 4.33. The van der Waals surface area contributed by atoms with E-state index in [1.54, 1.807) is 25.3 Å². The van der Waals surface area contributed by atoms with Crippen molar-refractivity contribution in [2.75, 3.05) is 13.7 Å². The largest absolute Gasteiger partial charge is 0.493 e. The van der Waals surface area contributed by atoms with Crippen LogP contribution in [0.25, 0.3) is 10.9 Å². The molecule has 1 heterocycles. The summed E-state index contributed by atoms with van der Waals surface area (Å²) in [5.41, 5.74) is 1.41. The van der Waals surface area contributed by atoms with Gasteiger partial charge in [-0.05, 0) is 36.8 Å². The highest BCUT2D eigenvalue weighted by molar-refractivity contribution is 5.77. The van der Waals surface area contributed by atoms with E-state index in [1.165, 1.54) is 10.9 Å². The predicted molar refractivity (Wildman–Crippen MR) is 107 cm³/mol. The molecule has 7 heteroatoms. The number of hydrogen-bond donors (Lipinski definition) is 1. The molecule has 0 spiro atoms. The van der Waals surface area contributed by atoms with Crippen molar-refractivity contribution in [1.82, 2.24) is 14.9 Å². The highest BCUT2D eigenvalue weighted by Gasteiger charge is 2.08. The highest BCUT2D eigenvalue weighted by Crippen LogP contribution is 2.27. The molecule has 0 fully saturated rings. The van der Waals surface area contributed by atoms with E-state index in [0.717, 1.165) is 5.56 Å². The number of rotatable bonds is 8. The lowest BCUT2D eigenvalue weighted by Gasteiger charge is -2.12. The number of aromatic nitrogens is 2. The topological polar surface area (TPSA) is 82.5 Å². The summed E-state index contributed by atoms with van der Waals surface area (Å²) in [6.45, 7) is 3.10. The van der Waals surface area contributed by atoms with Crippen LogP contribution in [0.5, 0.6) is 11.5 Å². The molecule has 2 aromatic carbocycles. The standard InChI is InChI=1S/C21H23N3O4/c1-3-28-18-9-8-15(12-19(18)27-2)13-22-20(25)10-11-24-14-23-17-7-5-4-6-16(17)21(24)26/h4-9,12,14H,3,10-11,13H2,1-2H3,(H,22,25). The molecule has 0 aliphatic rings. The van der Waals surface area contributed by atoms with Crippen LogP contribution < -0.4 is 20.3 Å². The quantitative estimate of drug-likeness (QED) is 0.648. The fraction of sp³-hybridized carbons (Fsp3) is 0.286. The average molecular weight is 381 g/mol. The van der Waals surface area contributed by atoms with Gasteiger partial charge in [0.2, 0.25) is 5.91 Å². The van der Waals surface area contributed by atoms with Crippen LogP contribution in [0.3, 0.4) is 0 Å². The van der Waals surface area contributed by atoms with Gasteiger partial charge in [0.1, 0.15) is 0 Å². The van der Waals surface area contributed by atoms with E-state index in [9.17, 15) is 9.59 Å². The first-order valence-corrected chi connectivity index (χ1v) is 9.13. The second kappa shape index (κ2) is 9.03. The zero-order valence-electron chi connectivity index (χ0n) is 16.0. The number of para-hydroxylation sites is 1. The number of nitrogens with zero attached hydrogens (tertiary/aromatic N) is 2. The highest BCUT2D eigenvalue weighted by atomic mass is 16.5. The number of hydrogen-bond acceptors (Lipinski definition) is 5. The van der Waals surface area contributed by atoms with Crippen LogP contribution in [0.15, 0.2) is 53.6 Å². The summed E-state index contributed by atoms with van der Waals surface area (Å²) in [5.74, 6) is 1.15. The molecule has 0 saturated heterocycles. The van der Waals surface area contributed by atoms with Crippen molar-refractivity contribution in [3.63, 3.8) is 0 Å². The van der Waals surface area contributed by atoms with E-state index >= 15 is 0 Å². The number of aryl methyl sites for hydroxylation is 1. The van der Waals surface area contributed by atoms with Crippen LogP contribution in [-0.4, -0.2) is 29.2 Å². The lowest BCUT2D eigenvalue weighted by Crippen LogP contribution is -2.27. The first kappa shape index (κ1) is 19.4. The van der Waals surface area contributed by atoms with Gasteiger partial charge in [0.25, 0.3) is 5.56 Å². The van der Waals surface area contributed by atoms with Crippen molar-refractivity contribution in [2.45, 2.75) is 26.4 Å². The molecular weight excluding hydrogens is 358 g/mol. The van der Waals surface area contributed by atoms with Gasteiger partial charge in [-0.3, -0.25) is 14.2 Å². The van der Waals surface area contributed by atoms with Gasteiger partial charge in [-0.25, -0.2) is 4.98 Å². The summed E-state index contributed by atoms with van der Waals surface area (Å²) in [6, 6.07) is 12.7. The van der Waals surface area contributed by atoms with Crippen LogP contribution in [0.1, 0.15) is 18.9 Å². The Hall–Kier alpha value is -3.35. The molecule has 146 valence electrons. The Morgan fingerprint density at radius 2 is 2.00 bits per heavy atom. The van der Waals surface area contributed by atoms with Gasteiger partial charge in [-0.2, -0.15) is 0 Å². The maximum Gasteiger partial charge on any atom is 0.261 e. The fourth-order valence-corrected chi connectivity index (χ4v) is 2.87. The third-order valence-electron chi connectivity index (χ3n) is 4.33. The summed E-state index contributed by atoms with van der Waals surface area (Å²) in [5, 5.41) is 3.41. The van der Waals surface area contributed by atoms with Gasteiger partial charge in [0.05, 0.1) is 30.9 Å². The summed E-state index contributed by atoms with van der Waals surface area (Å²) in [4.78, 5) is 28.9. The zero-order chi connectivity index (χ0) is 19.9. The number of benzene rings is 2. The minimum atomic E-state index is -0.145. The molecule has 1 N–H and O–H groups in total. The van der Waals surface area contributed by atoms with Crippen LogP contribution in [0.4, 0.5) is 0 Å². The number of amides is 1. The van der Waals surface area contributed by atoms with E-state index in [4.69, 9.17) is 9.47 Å². The number of carbonyl (C=O) groups is 1. The maximum atomic E-state index is 12.4. The lowest BCUT2D eigenvalue weighted by molar-refractivity contribution is -0.121. The fourth-order valence-electron chi connectivity index (χ4n) is 2.87. The third kappa shape index (κ3) is 4.49. The van der Waals surface area contributed by atoms with Crippen molar-refractivity contribution >= 4 is 16.8 Å². The molecule has 1 aromatic heterocycles. The Morgan fingerprint density at radius 1 is 1.18 bits per heavy atom. The van der Waals surface area contributed by atoms with Crippen molar-refractivity contribution in [3.8, 4) is 11.5 Å². The van der Waals surface area contributed by atoms with Gasteiger partial charge in [-0.15, -0.1) is 0 Å². The summed E-state index contributed by atoms with van der Waals surface area (Å²) >= 11 is 0. The first-order valence-electron chi connectivity index (χ1n) is 9.13. The van der Waals surface area contributed by atoms with Crippen LogP contribution in [-0.2, 0) is 17.9 Å². The maximum absolute atomic E-state index is 12.4. The van der Waals surface area contributed by atoms with E-state index in [2.05, 4.69) is 10.3 Å². The van der Waals surface area contributed by atoms with Crippen LogP contribution >= 0.6 is 0 Å². The van der Waals surface area contributed by atoms with E-state index in [-0.39, 0.29) is 24.4 Å². The normalized spacial score (nSPS) is 10.6. The van der Waals surface area contributed by atoms with Gasteiger partial charge in [-0.1, -0.05) is 18.2 Å². The summed E-state index contributed by atoms with van der Waals surface area (Å²) in [7, 11) is 1.58. The lowest BCUT2D eigenvalue weighted by atomic mass is 10.2. The SMILES string of the molecule is CCOc1ccc(CNC(=O)CCn2cnc3ccccc3c2=O)cc1OC. The second-order valence-electron chi connectivity index (χ2n) is 6.21. The molecule has 7 nitrogen and oxygen atoms in total. The Balaban J connectivity index is 1.58. The van der Waals surface area contributed by atoms with Crippen LogP contribution in [0, 0.1) is 0 Å². The summed E-state index contributed by atoms with van der Waals surface area (Å²) < 4.78 is 12.3. The van der Waals surface area contributed by atoms with E-state index in [0.29, 0.717) is 35.6 Å². The number of ether oxygens (including phenoxy) is 2. The number of fused-ring (bicyclic) bond motifs is 1. The summed E-state index contributed by atoms with van der Waals surface area (Å²) in [6.07, 6.45) is 1.67. The smallest absolute Gasteiger partial charge is 0.261 e. The Kier molecular flexibility index (Phi) is 6.26. The molecule has 0 aliphatic heterocycles. The molecule has 3 rings (SSSR count). The first-order chi connectivity index (χ1) is 13.6. The molecule has 0 radical (unpaired) electrons. The second-order valence-corrected chi connectivity index (χ2v) is 6.21. The van der Waals surface area contributed by atoms with E-state index in [1.807, 2.05) is 31.2 Å². The molecule has 0 unspecified atom stereocenters. The molecular formula is C21H23N3O4. The van der Waals surface area contributed by atoms with Crippen molar-refractivity contribution in [1.29, 1.82) is 0 Å². The van der Waals surface area contributed by atoms with Crippen molar-refractivity contribution < 1.29 is 14.3 Å². The molecule has 28 heavy (non-hydrogen) atoms. The molecule has 0 aliphatic carbocycles. The van der Waals surface area contributed by atoms with Gasteiger partial charge < -0.3 is 14.8 Å². The zero-order valence-corrected chi connectivity index (χ0v) is 16.0. The minimum Gasteiger partial charge on any atom is -0.493 e. The Bertz CT molecular complexity index is 1030. The van der Waals surface area contributed by atoms with Gasteiger partial charge in [0.15, 0.2) is 11.5 Å². The Labute approximate surface area is 162 Å². The van der Waals surface area contributed by atoms with Crippen molar-refractivity contribution in [3.05, 3.63) is 64.7 Å². The van der Waals surface area contributed by atoms with Gasteiger partial charge >= 0.3 is 0 Å². The molecule has 0 bridgehead atoms. The number of carbonyl (C=O) groups excluding carboxylic acids is 1. The molecule has 0 atom stereocenters. The average Bonchev–Trinajstić information content (AvgIpc) is 2.73. The van der Waals surface area contributed by atoms with Gasteiger partial charge in [0, 0.05) is 19.5 Å². The molecule has 1 amide bonds. The Morgan fingerprint density at radius 3 is 2.79 bits per heavy atom. The van der Waals surface area contributed by atoms with Crippen molar-refractivity contribution in [2.24, 2.45) is 0 Å². The van der Waals surface area contributed by atoms with Crippen LogP contribution in [0.2, 0.25) is 0 Å². The molecule has 3 aromatic rings. The number of methoxy groups -OCH3 is 1. The minimum absolute atomic E-state index is 0.144. The monoisotopic (exact) mass is 381 g/mol. The van der Waals surface area contributed by atoms with E-state index < -0.39 is 0 Å².